The minimum Gasteiger partial charge on any atom is -0.480 e. The molecule has 4 bridgehead atoms. The van der Waals surface area contributed by atoms with Crippen LogP contribution in [0, 0.1) is 11.8 Å². The maximum Gasteiger partial charge on any atom is 0.317 e. The minimum atomic E-state index is -0.886. The van der Waals surface area contributed by atoms with E-state index in [0.29, 0.717) is 11.8 Å². The van der Waals surface area contributed by atoms with E-state index in [9.17, 15) is 15.0 Å². The highest BCUT2D eigenvalue weighted by molar-refractivity contribution is 5.70. The summed E-state index contributed by atoms with van der Waals surface area (Å²) in [6.07, 6.45) is 6.07. The summed E-state index contributed by atoms with van der Waals surface area (Å²) >= 11 is 0. The fourth-order valence-electron chi connectivity index (χ4n) is 8.16. The van der Waals surface area contributed by atoms with E-state index < -0.39 is 17.1 Å². The van der Waals surface area contributed by atoms with Gasteiger partial charge in [-0.3, -0.25) is 10.1 Å². The van der Waals surface area contributed by atoms with Crippen molar-refractivity contribution in [1.82, 2.24) is 5.32 Å². The van der Waals surface area contributed by atoms with E-state index in [1.165, 1.54) is 12.0 Å². The van der Waals surface area contributed by atoms with Crippen molar-refractivity contribution in [1.29, 1.82) is 0 Å². The van der Waals surface area contributed by atoms with Crippen molar-refractivity contribution < 1.29 is 15.0 Å². The number of carboxylic acid groups (broad SMARTS) is 1. The first-order valence-corrected chi connectivity index (χ1v) is 12.8. The Kier molecular flexibility index (Phi) is 5.35. The first-order chi connectivity index (χ1) is 16.9. The van der Waals surface area contributed by atoms with Crippen LogP contribution in [0.25, 0.3) is 0 Å². The molecule has 4 aliphatic rings. The van der Waals surface area contributed by atoms with Crippen molar-refractivity contribution in [2.75, 3.05) is 6.54 Å². The Balaban J connectivity index is 1.60. The molecule has 180 valence electrons. The molecular weight excluding hydrogens is 434 g/mol. The number of rotatable bonds is 7. The predicted octanol–water partition coefficient (Wildman–Crippen LogP) is 5.24. The molecule has 0 heterocycles. The van der Waals surface area contributed by atoms with Gasteiger partial charge in [0.05, 0.1) is 17.7 Å². The van der Waals surface area contributed by atoms with Crippen LogP contribution in [0.5, 0.6) is 0 Å². The zero-order valence-corrected chi connectivity index (χ0v) is 20.0. The lowest BCUT2D eigenvalue weighted by Gasteiger charge is -2.61. The monoisotopic (exact) mass is 467 g/mol. The van der Waals surface area contributed by atoms with Crippen molar-refractivity contribution in [2.45, 2.75) is 55.1 Å². The Morgan fingerprint density at radius 1 is 0.829 bits per heavy atom. The van der Waals surface area contributed by atoms with E-state index in [1.54, 1.807) is 0 Å². The lowest BCUT2D eigenvalue weighted by Crippen LogP contribution is -2.58. The molecule has 4 aliphatic carbocycles. The average molecular weight is 468 g/mol. The molecule has 3 N–H and O–H groups in total. The number of nitrogens with one attached hydrogen (secondary N) is 1. The molecule has 0 saturated heterocycles. The highest BCUT2D eigenvalue weighted by atomic mass is 16.4. The number of benzene rings is 3. The second kappa shape index (κ2) is 8.32. The third-order valence-electron chi connectivity index (χ3n) is 8.85. The van der Waals surface area contributed by atoms with Gasteiger partial charge in [-0.05, 0) is 78.0 Å². The lowest BCUT2D eigenvalue weighted by molar-refractivity contribution is -0.137. The first-order valence-electron chi connectivity index (χ1n) is 12.8. The smallest absolute Gasteiger partial charge is 0.317 e. The SMILES string of the molecule is O=C(O)CNC(c1ccccc1)(c1ccccc1)c1ccccc1C12CC3CC(CC(O)(C3)C1)C2. The van der Waals surface area contributed by atoms with Crippen LogP contribution in [0.2, 0.25) is 0 Å². The summed E-state index contributed by atoms with van der Waals surface area (Å²) in [5, 5.41) is 24.8. The highest BCUT2D eigenvalue weighted by Crippen LogP contribution is 2.63. The van der Waals surface area contributed by atoms with Gasteiger partial charge in [0.25, 0.3) is 0 Å². The van der Waals surface area contributed by atoms with Crippen LogP contribution < -0.4 is 5.32 Å². The van der Waals surface area contributed by atoms with Gasteiger partial charge in [0.2, 0.25) is 0 Å². The number of hydrogen-bond acceptors (Lipinski definition) is 3. The number of carboxylic acids is 1. The van der Waals surface area contributed by atoms with Gasteiger partial charge in [0.15, 0.2) is 0 Å². The summed E-state index contributed by atoms with van der Waals surface area (Å²) < 4.78 is 0. The molecule has 2 unspecified atom stereocenters. The van der Waals surface area contributed by atoms with E-state index in [0.717, 1.165) is 48.8 Å². The summed E-state index contributed by atoms with van der Waals surface area (Å²) in [6.45, 7) is -0.166. The maximum atomic E-state index is 11.9. The molecule has 0 spiro atoms. The van der Waals surface area contributed by atoms with Gasteiger partial charge in [-0.25, -0.2) is 0 Å². The second-order valence-corrected chi connectivity index (χ2v) is 11.2. The normalized spacial score (nSPS) is 29.3. The molecule has 3 aromatic carbocycles. The standard InChI is InChI=1S/C31H33NO3/c33-28(34)20-32-31(24-9-3-1-4-10-24,25-11-5-2-6-12-25)27-14-8-7-13-26(27)29-16-22-15-23(17-29)19-30(35,18-22)21-29/h1-14,22-23,32,35H,15-21H2,(H,33,34). The molecule has 4 heteroatoms. The van der Waals surface area contributed by atoms with Gasteiger partial charge in [-0.1, -0.05) is 84.9 Å². The summed E-state index contributed by atoms with van der Waals surface area (Å²) in [4.78, 5) is 11.9. The fraction of sp³-hybridized carbons (Fsp3) is 0.387. The van der Waals surface area contributed by atoms with Crippen molar-refractivity contribution in [3.05, 3.63) is 107 Å². The fourth-order valence-corrected chi connectivity index (χ4v) is 8.16. The Labute approximate surface area is 207 Å². The third-order valence-corrected chi connectivity index (χ3v) is 8.85. The van der Waals surface area contributed by atoms with Gasteiger partial charge in [0, 0.05) is 0 Å². The van der Waals surface area contributed by atoms with Crippen molar-refractivity contribution >= 4 is 5.97 Å². The van der Waals surface area contributed by atoms with Crippen LogP contribution in [0.1, 0.15) is 60.8 Å². The molecule has 0 aliphatic heterocycles. The molecule has 4 nitrogen and oxygen atoms in total. The minimum absolute atomic E-state index is 0.0882. The van der Waals surface area contributed by atoms with Crippen LogP contribution in [-0.4, -0.2) is 28.3 Å². The molecule has 2 atom stereocenters. The van der Waals surface area contributed by atoms with Crippen LogP contribution in [0.4, 0.5) is 0 Å². The molecule has 4 saturated carbocycles. The zero-order valence-electron chi connectivity index (χ0n) is 20.0. The Morgan fingerprint density at radius 2 is 1.37 bits per heavy atom. The molecule has 7 rings (SSSR count). The molecule has 0 amide bonds. The second-order valence-electron chi connectivity index (χ2n) is 11.2. The van der Waals surface area contributed by atoms with Crippen molar-refractivity contribution in [3.63, 3.8) is 0 Å². The first kappa shape index (κ1) is 22.5. The van der Waals surface area contributed by atoms with Crippen LogP contribution in [0.15, 0.2) is 84.9 Å². The van der Waals surface area contributed by atoms with Gasteiger partial charge >= 0.3 is 5.97 Å². The Bertz CT molecular complexity index is 1170. The lowest BCUT2D eigenvalue weighted by atomic mass is 9.45. The van der Waals surface area contributed by atoms with Crippen LogP contribution in [0.3, 0.4) is 0 Å². The average Bonchev–Trinajstić information content (AvgIpc) is 2.84. The third kappa shape index (κ3) is 3.71. The number of carbonyl (C=O) groups is 1. The largest absolute Gasteiger partial charge is 0.480 e. The summed E-state index contributed by atoms with van der Waals surface area (Å²) in [7, 11) is 0. The summed E-state index contributed by atoms with van der Waals surface area (Å²) in [5.74, 6) is 0.233. The van der Waals surface area contributed by atoms with Crippen molar-refractivity contribution in [3.8, 4) is 0 Å². The molecule has 4 fully saturated rings. The van der Waals surface area contributed by atoms with Crippen LogP contribution >= 0.6 is 0 Å². The Morgan fingerprint density at radius 3 is 1.91 bits per heavy atom. The molecule has 0 radical (unpaired) electrons. The zero-order chi connectivity index (χ0) is 24.1. The highest BCUT2D eigenvalue weighted by Gasteiger charge is 2.58. The number of hydrogen-bond donors (Lipinski definition) is 3. The maximum absolute atomic E-state index is 11.9. The van der Waals surface area contributed by atoms with E-state index >= 15 is 0 Å². The molecular formula is C31H33NO3. The number of aliphatic hydroxyl groups is 1. The van der Waals surface area contributed by atoms with E-state index in [4.69, 9.17) is 0 Å². The number of aliphatic carboxylic acids is 1. The van der Waals surface area contributed by atoms with Crippen LogP contribution in [-0.2, 0) is 15.7 Å². The van der Waals surface area contributed by atoms with Gasteiger partial charge in [-0.2, -0.15) is 0 Å². The van der Waals surface area contributed by atoms with Gasteiger partial charge in [0.1, 0.15) is 0 Å². The summed E-state index contributed by atoms with van der Waals surface area (Å²) in [5.41, 5.74) is 2.90. The van der Waals surface area contributed by atoms with E-state index in [1.807, 2.05) is 36.4 Å². The topological polar surface area (TPSA) is 69.6 Å². The van der Waals surface area contributed by atoms with Crippen molar-refractivity contribution in [2.24, 2.45) is 11.8 Å². The summed E-state index contributed by atoms with van der Waals surface area (Å²) in [6, 6.07) is 29.0. The predicted molar refractivity (Wildman–Crippen MR) is 136 cm³/mol. The van der Waals surface area contributed by atoms with E-state index in [2.05, 4.69) is 53.8 Å². The molecule has 0 aromatic heterocycles. The molecule has 3 aromatic rings. The quantitative estimate of drug-likeness (QED) is 0.416. The molecule has 35 heavy (non-hydrogen) atoms. The van der Waals surface area contributed by atoms with Gasteiger partial charge < -0.3 is 10.2 Å². The Hall–Kier alpha value is -2.95. The van der Waals surface area contributed by atoms with E-state index in [-0.39, 0.29) is 12.0 Å². The van der Waals surface area contributed by atoms with Gasteiger partial charge in [-0.15, -0.1) is 0 Å².